The molecule has 2 aliphatic rings. The molecule has 0 spiro atoms. The second-order valence-electron chi connectivity index (χ2n) is 5.96. The molecule has 0 atom stereocenters. The second-order valence-corrected chi connectivity index (χ2v) is 5.96. The van der Waals surface area contributed by atoms with Crippen molar-refractivity contribution in [3.05, 3.63) is 35.4 Å². The molecule has 132 valence electrons. The van der Waals surface area contributed by atoms with Gasteiger partial charge in [0.05, 0.1) is 5.57 Å². The number of esters is 1. The topological polar surface area (TPSA) is 76.2 Å². The van der Waals surface area contributed by atoms with Crippen LogP contribution >= 0.6 is 0 Å². The first kappa shape index (κ1) is 17.0. The van der Waals surface area contributed by atoms with E-state index in [9.17, 15) is 14.4 Å². The van der Waals surface area contributed by atoms with E-state index in [1.54, 1.807) is 15.9 Å². The highest BCUT2D eigenvalue weighted by molar-refractivity contribution is 5.96. The molecule has 2 heterocycles. The molecule has 0 radical (unpaired) electrons. The van der Waals surface area contributed by atoms with E-state index >= 15 is 0 Å². The maximum atomic E-state index is 12.2. The number of fused-ring (bicyclic) bond motifs is 1. The Balaban J connectivity index is 1.51. The van der Waals surface area contributed by atoms with E-state index in [2.05, 4.69) is 0 Å². The summed E-state index contributed by atoms with van der Waals surface area (Å²) in [6, 6.07) is 7.40. The first-order valence-corrected chi connectivity index (χ1v) is 8.17. The van der Waals surface area contributed by atoms with Gasteiger partial charge in [0, 0.05) is 38.7 Å². The minimum atomic E-state index is -0.551. The van der Waals surface area contributed by atoms with Gasteiger partial charge in [-0.2, -0.15) is 0 Å². The average molecular weight is 344 g/mol. The van der Waals surface area contributed by atoms with Gasteiger partial charge in [0.15, 0.2) is 6.61 Å². The lowest BCUT2D eigenvalue weighted by Crippen LogP contribution is -2.51. The molecule has 0 saturated carbocycles. The van der Waals surface area contributed by atoms with Crippen LogP contribution in [0.4, 0.5) is 0 Å². The third-order valence-electron chi connectivity index (χ3n) is 4.30. The van der Waals surface area contributed by atoms with Crippen molar-refractivity contribution in [1.82, 2.24) is 9.80 Å². The summed E-state index contributed by atoms with van der Waals surface area (Å²) in [5.74, 6) is -0.0824. The van der Waals surface area contributed by atoms with Crippen molar-refractivity contribution in [3.8, 4) is 5.75 Å². The summed E-state index contributed by atoms with van der Waals surface area (Å²) in [6.07, 6.45) is 1.72. The normalized spacial score (nSPS) is 16.4. The monoisotopic (exact) mass is 344 g/mol. The Morgan fingerprint density at radius 1 is 1.08 bits per heavy atom. The number of hydrogen-bond acceptors (Lipinski definition) is 5. The van der Waals surface area contributed by atoms with E-state index in [1.165, 1.54) is 6.92 Å². The van der Waals surface area contributed by atoms with Gasteiger partial charge in [-0.3, -0.25) is 9.59 Å². The maximum absolute atomic E-state index is 12.2. The molecule has 0 unspecified atom stereocenters. The van der Waals surface area contributed by atoms with Crippen molar-refractivity contribution in [2.75, 3.05) is 39.4 Å². The van der Waals surface area contributed by atoms with Crippen LogP contribution in [0.2, 0.25) is 0 Å². The van der Waals surface area contributed by atoms with Crippen molar-refractivity contribution < 1.29 is 23.9 Å². The fraction of sp³-hybridized carbons (Fsp3) is 0.389. The number of carbonyl (C=O) groups excluding carboxylic acids is 3. The van der Waals surface area contributed by atoms with E-state index in [-0.39, 0.29) is 25.0 Å². The number of benzene rings is 1. The summed E-state index contributed by atoms with van der Waals surface area (Å²) < 4.78 is 10.6. The first-order valence-electron chi connectivity index (χ1n) is 8.17. The number of rotatable bonds is 3. The number of piperazine rings is 1. The molecule has 0 N–H and O–H groups in total. The summed E-state index contributed by atoms with van der Waals surface area (Å²) in [7, 11) is 0. The van der Waals surface area contributed by atoms with E-state index in [0.29, 0.717) is 31.8 Å². The van der Waals surface area contributed by atoms with Crippen molar-refractivity contribution >= 4 is 23.9 Å². The fourth-order valence-electron chi connectivity index (χ4n) is 2.82. The number of carbonyl (C=O) groups is 3. The Labute approximate surface area is 145 Å². The molecule has 1 aromatic carbocycles. The quantitative estimate of drug-likeness (QED) is 0.755. The number of amides is 2. The Morgan fingerprint density at radius 3 is 2.48 bits per heavy atom. The Morgan fingerprint density at radius 2 is 1.76 bits per heavy atom. The smallest absolute Gasteiger partial charge is 0.338 e. The molecule has 0 bridgehead atoms. The van der Waals surface area contributed by atoms with Gasteiger partial charge in [-0.25, -0.2) is 4.79 Å². The summed E-state index contributed by atoms with van der Waals surface area (Å²) >= 11 is 0. The summed E-state index contributed by atoms with van der Waals surface area (Å²) in [6.45, 7) is 3.25. The molecule has 0 aliphatic carbocycles. The highest BCUT2D eigenvalue weighted by Gasteiger charge is 2.24. The van der Waals surface area contributed by atoms with Crippen molar-refractivity contribution in [2.45, 2.75) is 6.92 Å². The third kappa shape index (κ3) is 3.99. The van der Waals surface area contributed by atoms with E-state index in [4.69, 9.17) is 9.47 Å². The highest BCUT2D eigenvalue weighted by atomic mass is 16.5. The SMILES string of the molecule is CC(=O)N1CCN(C(=O)COC(=O)C2=Cc3ccccc3OC2)CC1. The average Bonchev–Trinajstić information content (AvgIpc) is 2.65. The zero-order chi connectivity index (χ0) is 17.8. The van der Waals surface area contributed by atoms with Crippen LogP contribution in [0, 0.1) is 0 Å². The predicted octanol–water partition coefficient (Wildman–Crippen LogP) is 0.696. The van der Waals surface area contributed by atoms with Gasteiger partial charge in [-0.05, 0) is 12.1 Å². The number of para-hydroxylation sites is 1. The van der Waals surface area contributed by atoms with Crippen LogP contribution < -0.4 is 4.74 Å². The zero-order valence-electron chi connectivity index (χ0n) is 14.1. The second kappa shape index (κ2) is 7.38. The van der Waals surface area contributed by atoms with Gasteiger partial charge in [-0.15, -0.1) is 0 Å². The Hall–Kier alpha value is -2.83. The molecule has 1 fully saturated rings. The molecule has 25 heavy (non-hydrogen) atoms. The van der Waals surface area contributed by atoms with Gasteiger partial charge in [-0.1, -0.05) is 18.2 Å². The van der Waals surface area contributed by atoms with Gasteiger partial charge in [0.1, 0.15) is 12.4 Å². The fourth-order valence-corrected chi connectivity index (χ4v) is 2.82. The van der Waals surface area contributed by atoms with E-state index < -0.39 is 5.97 Å². The number of nitrogens with zero attached hydrogens (tertiary/aromatic N) is 2. The van der Waals surface area contributed by atoms with Gasteiger partial charge >= 0.3 is 5.97 Å². The van der Waals surface area contributed by atoms with Crippen molar-refractivity contribution in [1.29, 1.82) is 0 Å². The molecule has 1 saturated heterocycles. The molecule has 2 amide bonds. The van der Waals surface area contributed by atoms with Gasteiger partial charge < -0.3 is 19.3 Å². The molecular weight excluding hydrogens is 324 g/mol. The van der Waals surface area contributed by atoms with Crippen LogP contribution in [0.1, 0.15) is 12.5 Å². The highest BCUT2D eigenvalue weighted by Crippen LogP contribution is 2.26. The summed E-state index contributed by atoms with van der Waals surface area (Å²) in [5, 5.41) is 0. The molecular formula is C18H20N2O5. The lowest BCUT2D eigenvalue weighted by molar-refractivity contribution is -0.150. The predicted molar refractivity (Wildman–Crippen MR) is 89.7 cm³/mol. The lowest BCUT2D eigenvalue weighted by atomic mass is 10.1. The Bertz CT molecular complexity index is 720. The van der Waals surface area contributed by atoms with Crippen LogP contribution in [-0.4, -0.2) is 67.0 Å². The minimum absolute atomic E-state index is 0.00282. The summed E-state index contributed by atoms with van der Waals surface area (Å²) in [4.78, 5) is 38.9. The molecule has 7 heteroatoms. The van der Waals surface area contributed by atoms with Crippen LogP contribution in [0.3, 0.4) is 0 Å². The molecule has 1 aromatic rings. The largest absolute Gasteiger partial charge is 0.488 e. The van der Waals surface area contributed by atoms with Crippen LogP contribution in [0.25, 0.3) is 6.08 Å². The van der Waals surface area contributed by atoms with Crippen LogP contribution in [0.5, 0.6) is 5.75 Å². The van der Waals surface area contributed by atoms with E-state index in [1.807, 2.05) is 24.3 Å². The van der Waals surface area contributed by atoms with Crippen molar-refractivity contribution in [3.63, 3.8) is 0 Å². The minimum Gasteiger partial charge on any atom is -0.488 e. The van der Waals surface area contributed by atoms with Gasteiger partial charge in [0.25, 0.3) is 5.91 Å². The maximum Gasteiger partial charge on any atom is 0.338 e. The summed E-state index contributed by atoms with van der Waals surface area (Å²) in [5.41, 5.74) is 1.19. The Kier molecular flexibility index (Phi) is 5.02. The first-order chi connectivity index (χ1) is 12.0. The molecule has 2 aliphatic heterocycles. The molecule has 7 nitrogen and oxygen atoms in total. The van der Waals surface area contributed by atoms with E-state index in [0.717, 1.165) is 11.3 Å². The molecule has 0 aromatic heterocycles. The van der Waals surface area contributed by atoms with Crippen LogP contribution in [0.15, 0.2) is 29.8 Å². The van der Waals surface area contributed by atoms with Crippen molar-refractivity contribution in [2.24, 2.45) is 0 Å². The molecule has 3 rings (SSSR count). The number of hydrogen-bond donors (Lipinski definition) is 0. The third-order valence-corrected chi connectivity index (χ3v) is 4.30. The number of ether oxygens (including phenoxy) is 2. The lowest BCUT2D eigenvalue weighted by Gasteiger charge is -2.34. The van der Waals surface area contributed by atoms with Gasteiger partial charge in [0.2, 0.25) is 5.91 Å². The van der Waals surface area contributed by atoms with Crippen LogP contribution in [-0.2, 0) is 19.1 Å². The zero-order valence-corrected chi connectivity index (χ0v) is 14.1. The standard InChI is InChI=1S/C18H20N2O5/c1-13(21)19-6-8-20(9-7-19)17(22)12-25-18(23)15-10-14-4-2-3-5-16(14)24-11-15/h2-5,10H,6-9,11-12H2,1H3.